The Hall–Kier alpha value is -1.88. The summed E-state index contributed by atoms with van der Waals surface area (Å²) in [6.45, 7) is 2.50. The van der Waals surface area contributed by atoms with E-state index in [2.05, 4.69) is 22.4 Å². The van der Waals surface area contributed by atoms with E-state index in [1.807, 2.05) is 35.1 Å². The minimum atomic E-state index is 0.121. The van der Waals surface area contributed by atoms with Crippen molar-refractivity contribution in [1.82, 2.24) is 19.8 Å². The van der Waals surface area contributed by atoms with Gasteiger partial charge in [0.1, 0.15) is 0 Å². The fourth-order valence-corrected chi connectivity index (χ4v) is 2.83. The van der Waals surface area contributed by atoms with Crippen LogP contribution in [-0.4, -0.2) is 40.6 Å². The van der Waals surface area contributed by atoms with Gasteiger partial charge in [0.15, 0.2) is 0 Å². The summed E-state index contributed by atoms with van der Waals surface area (Å²) in [5.41, 5.74) is 2.11. The molecule has 3 heterocycles. The number of pyridine rings is 1. The first-order valence-electron chi connectivity index (χ1n) is 7.11. The number of nitrogens with one attached hydrogen (secondary N) is 1. The lowest BCUT2D eigenvalue weighted by Crippen LogP contribution is -2.41. The Kier molecular flexibility index (Phi) is 3.69. The molecule has 0 spiro atoms. The Morgan fingerprint density at radius 3 is 3.25 bits per heavy atom. The van der Waals surface area contributed by atoms with Crippen molar-refractivity contribution in [3.8, 4) is 0 Å². The van der Waals surface area contributed by atoms with Gasteiger partial charge in [-0.25, -0.2) is 4.52 Å². The third kappa shape index (κ3) is 2.67. The first kappa shape index (κ1) is 13.1. The zero-order chi connectivity index (χ0) is 13.9. The van der Waals surface area contributed by atoms with Crippen molar-refractivity contribution in [2.45, 2.75) is 19.4 Å². The van der Waals surface area contributed by atoms with Crippen LogP contribution in [0.2, 0.25) is 0 Å². The second-order valence-corrected chi connectivity index (χ2v) is 5.52. The molecule has 5 nitrogen and oxygen atoms in total. The molecule has 1 aliphatic heterocycles. The zero-order valence-corrected chi connectivity index (χ0v) is 11.7. The van der Waals surface area contributed by atoms with E-state index < -0.39 is 0 Å². The molecule has 0 unspecified atom stereocenters. The highest BCUT2D eigenvalue weighted by molar-refractivity contribution is 5.79. The van der Waals surface area contributed by atoms with Gasteiger partial charge in [-0.05, 0) is 38.6 Å². The van der Waals surface area contributed by atoms with Gasteiger partial charge in [0, 0.05) is 24.8 Å². The smallest absolute Gasteiger partial charge is 0.224 e. The molecule has 1 amide bonds. The van der Waals surface area contributed by atoms with Crippen LogP contribution in [0.3, 0.4) is 0 Å². The molecule has 0 saturated carbocycles. The van der Waals surface area contributed by atoms with Gasteiger partial charge >= 0.3 is 0 Å². The summed E-state index contributed by atoms with van der Waals surface area (Å²) in [4.78, 5) is 14.4. The van der Waals surface area contributed by atoms with Crippen LogP contribution in [-0.2, 0) is 11.3 Å². The number of piperidine rings is 1. The van der Waals surface area contributed by atoms with Gasteiger partial charge in [0.2, 0.25) is 5.91 Å². The van der Waals surface area contributed by atoms with Gasteiger partial charge < -0.3 is 10.2 Å². The molecule has 1 aliphatic rings. The number of carbonyl (C=O) groups is 1. The average molecular weight is 272 g/mol. The number of hydrogen-bond donors (Lipinski definition) is 1. The third-order valence-electron chi connectivity index (χ3n) is 3.95. The highest BCUT2D eigenvalue weighted by Crippen LogP contribution is 2.16. The summed E-state index contributed by atoms with van der Waals surface area (Å²) >= 11 is 0. The van der Waals surface area contributed by atoms with Crippen molar-refractivity contribution in [1.29, 1.82) is 0 Å². The second kappa shape index (κ2) is 5.63. The lowest BCUT2D eigenvalue weighted by atomic mass is 9.97. The van der Waals surface area contributed by atoms with Crippen LogP contribution in [0, 0.1) is 5.92 Å². The largest absolute Gasteiger partial charge is 0.352 e. The number of carbonyl (C=O) groups excluding carboxylic acids is 1. The van der Waals surface area contributed by atoms with Gasteiger partial charge in [0.25, 0.3) is 0 Å². The molecule has 5 heteroatoms. The molecule has 2 aromatic heterocycles. The minimum Gasteiger partial charge on any atom is -0.352 e. The van der Waals surface area contributed by atoms with Gasteiger partial charge in [-0.1, -0.05) is 6.07 Å². The fourth-order valence-electron chi connectivity index (χ4n) is 2.83. The normalized spacial score (nSPS) is 20.1. The molecule has 1 N–H and O–H groups in total. The summed E-state index contributed by atoms with van der Waals surface area (Å²) in [6, 6.07) is 5.95. The predicted octanol–water partition coefficient (Wildman–Crippen LogP) is 1.29. The molecule has 1 fully saturated rings. The number of rotatable bonds is 3. The zero-order valence-electron chi connectivity index (χ0n) is 11.7. The van der Waals surface area contributed by atoms with E-state index in [0.717, 1.165) is 37.0 Å². The Morgan fingerprint density at radius 1 is 1.50 bits per heavy atom. The van der Waals surface area contributed by atoms with Gasteiger partial charge in [-0.15, -0.1) is 0 Å². The van der Waals surface area contributed by atoms with Gasteiger partial charge in [-0.2, -0.15) is 5.10 Å². The third-order valence-corrected chi connectivity index (χ3v) is 3.95. The van der Waals surface area contributed by atoms with E-state index in [4.69, 9.17) is 0 Å². The summed E-state index contributed by atoms with van der Waals surface area (Å²) in [5, 5.41) is 7.33. The van der Waals surface area contributed by atoms with E-state index in [1.54, 1.807) is 0 Å². The molecule has 2 aromatic rings. The number of nitrogens with zero attached hydrogens (tertiary/aromatic N) is 3. The Labute approximate surface area is 118 Å². The SMILES string of the molecule is CN1CCC[C@H](C(=O)NCc2cnn3ccccc23)C1. The van der Waals surface area contributed by atoms with Crippen LogP contribution in [0.5, 0.6) is 0 Å². The van der Waals surface area contributed by atoms with Crippen LogP contribution in [0.1, 0.15) is 18.4 Å². The second-order valence-electron chi connectivity index (χ2n) is 5.52. The highest BCUT2D eigenvalue weighted by atomic mass is 16.1. The Balaban J connectivity index is 1.63. The number of amides is 1. The highest BCUT2D eigenvalue weighted by Gasteiger charge is 2.23. The lowest BCUT2D eigenvalue weighted by Gasteiger charge is -2.28. The molecule has 0 aliphatic carbocycles. The van der Waals surface area contributed by atoms with Gasteiger partial charge in [0.05, 0.1) is 17.6 Å². The van der Waals surface area contributed by atoms with Gasteiger partial charge in [-0.3, -0.25) is 4.79 Å². The standard InChI is InChI=1S/C15H20N4O/c1-18-7-4-5-12(11-18)15(20)16-9-13-10-17-19-8-3-2-6-14(13)19/h2-3,6,8,10,12H,4-5,7,9,11H2,1H3,(H,16,20)/t12-/m0/s1. The molecular formula is C15H20N4O. The molecule has 3 rings (SSSR count). The molecule has 1 saturated heterocycles. The van der Waals surface area contributed by atoms with Crippen molar-refractivity contribution in [2.24, 2.45) is 5.92 Å². The van der Waals surface area contributed by atoms with E-state index in [0.29, 0.717) is 6.54 Å². The number of aromatic nitrogens is 2. The van der Waals surface area contributed by atoms with Crippen LogP contribution in [0.4, 0.5) is 0 Å². The number of fused-ring (bicyclic) bond motifs is 1. The van der Waals surface area contributed by atoms with Crippen LogP contribution < -0.4 is 5.32 Å². The summed E-state index contributed by atoms with van der Waals surface area (Å²) in [5.74, 6) is 0.280. The van der Waals surface area contributed by atoms with Crippen molar-refractivity contribution >= 4 is 11.4 Å². The topological polar surface area (TPSA) is 49.6 Å². The van der Waals surface area contributed by atoms with Crippen molar-refractivity contribution in [3.63, 3.8) is 0 Å². The Bertz CT molecular complexity index is 607. The van der Waals surface area contributed by atoms with Crippen LogP contribution in [0.15, 0.2) is 30.6 Å². The fraction of sp³-hybridized carbons (Fsp3) is 0.467. The summed E-state index contributed by atoms with van der Waals surface area (Å²) < 4.78 is 1.83. The van der Waals surface area contributed by atoms with Crippen molar-refractivity contribution in [3.05, 3.63) is 36.2 Å². The molecule has 106 valence electrons. The van der Waals surface area contributed by atoms with E-state index in [9.17, 15) is 4.79 Å². The lowest BCUT2D eigenvalue weighted by molar-refractivity contribution is -0.126. The maximum absolute atomic E-state index is 12.2. The maximum atomic E-state index is 12.2. The quantitative estimate of drug-likeness (QED) is 0.916. The Morgan fingerprint density at radius 2 is 2.40 bits per heavy atom. The number of hydrogen-bond acceptors (Lipinski definition) is 3. The van der Waals surface area contributed by atoms with Crippen LogP contribution in [0.25, 0.3) is 5.52 Å². The van der Waals surface area contributed by atoms with Crippen molar-refractivity contribution in [2.75, 3.05) is 20.1 Å². The molecule has 20 heavy (non-hydrogen) atoms. The van der Waals surface area contributed by atoms with E-state index in [-0.39, 0.29) is 11.8 Å². The van der Waals surface area contributed by atoms with E-state index in [1.165, 1.54) is 0 Å². The van der Waals surface area contributed by atoms with Crippen LogP contribution >= 0.6 is 0 Å². The minimum absolute atomic E-state index is 0.121. The average Bonchev–Trinajstić information content (AvgIpc) is 2.88. The molecule has 0 bridgehead atoms. The maximum Gasteiger partial charge on any atom is 0.224 e. The first-order chi connectivity index (χ1) is 9.74. The predicted molar refractivity (Wildman–Crippen MR) is 77.3 cm³/mol. The number of likely N-dealkylation sites (tertiary alicyclic amines) is 1. The molecule has 0 aromatic carbocycles. The first-order valence-corrected chi connectivity index (χ1v) is 7.11. The van der Waals surface area contributed by atoms with E-state index >= 15 is 0 Å². The summed E-state index contributed by atoms with van der Waals surface area (Å²) in [6.07, 6.45) is 5.83. The van der Waals surface area contributed by atoms with Crippen molar-refractivity contribution < 1.29 is 4.79 Å². The molecule has 0 radical (unpaired) electrons. The molecule has 1 atom stereocenters. The summed E-state index contributed by atoms with van der Waals surface area (Å²) in [7, 11) is 2.07. The monoisotopic (exact) mass is 272 g/mol. The molecular weight excluding hydrogens is 252 g/mol.